The van der Waals surface area contributed by atoms with Crippen molar-refractivity contribution in [3.05, 3.63) is 0 Å². The van der Waals surface area contributed by atoms with Crippen LogP contribution in [0.25, 0.3) is 0 Å². The normalized spacial score (nSPS) is 34.6. The third-order valence-corrected chi connectivity index (χ3v) is 1.86. The smallest absolute Gasteiger partial charge is 0.118 e. The fourth-order valence-corrected chi connectivity index (χ4v) is 1.35. The maximum atomic E-state index is 5.51. The highest BCUT2D eigenvalue weighted by atomic mass is 16.5. The number of ether oxygens (including phenoxy) is 1. The van der Waals surface area contributed by atoms with E-state index >= 15 is 0 Å². The topological polar surface area (TPSA) is 24.5 Å². The maximum absolute atomic E-state index is 5.51. The molecule has 0 radical (unpaired) electrons. The van der Waals surface area contributed by atoms with Crippen molar-refractivity contribution < 1.29 is 4.74 Å². The number of nitrogens with zero attached hydrogens (tertiary/aromatic N) is 1. The zero-order valence-corrected chi connectivity index (χ0v) is 7.79. The lowest BCUT2D eigenvalue weighted by molar-refractivity contribution is -0.126. The largest absolute Gasteiger partial charge is 0.358 e. The van der Waals surface area contributed by atoms with Crippen molar-refractivity contribution in [3.63, 3.8) is 0 Å². The second-order valence-corrected chi connectivity index (χ2v) is 3.46. The van der Waals surface area contributed by atoms with Crippen LogP contribution in [0.15, 0.2) is 0 Å². The number of hydrogen-bond acceptors (Lipinski definition) is 3. The molecule has 0 spiro atoms. The Morgan fingerprint density at radius 3 is 2.55 bits per heavy atom. The van der Waals surface area contributed by atoms with Gasteiger partial charge in [-0.25, -0.2) is 10.4 Å². The molecule has 2 unspecified atom stereocenters. The Hall–Kier alpha value is -0.120. The van der Waals surface area contributed by atoms with Crippen molar-refractivity contribution in [1.29, 1.82) is 0 Å². The highest BCUT2D eigenvalue weighted by Crippen LogP contribution is 2.07. The van der Waals surface area contributed by atoms with Gasteiger partial charge < -0.3 is 4.74 Å². The van der Waals surface area contributed by atoms with Crippen molar-refractivity contribution in [3.8, 4) is 0 Å². The lowest BCUT2D eigenvalue weighted by Gasteiger charge is -2.38. The average Bonchev–Trinajstić information content (AvgIpc) is 1.85. The lowest BCUT2D eigenvalue weighted by Crippen LogP contribution is -2.56. The number of nitrogens with one attached hydrogen (secondary N) is 1. The van der Waals surface area contributed by atoms with E-state index in [9.17, 15) is 0 Å². The molecule has 1 N–H and O–H groups in total. The zero-order valence-electron chi connectivity index (χ0n) is 7.79. The number of rotatable bonds is 1. The van der Waals surface area contributed by atoms with E-state index in [1.807, 2.05) is 6.92 Å². The Kier molecular flexibility index (Phi) is 2.87. The van der Waals surface area contributed by atoms with Crippen LogP contribution >= 0.6 is 0 Å². The zero-order chi connectivity index (χ0) is 8.43. The second kappa shape index (κ2) is 3.52. The molecule has 11 heavy (non-hydrogen) atoms. The van der Waals surface area contributed by atoms with Crippen LogP contribution in [0, 0.1) is 0 Å². The Bertz CT molecular complexity index is 117. The minimum Gasteiger partial charge on any atom is -0.358 e. The van der Waals surface area contributed by atoms with Crippen LogP contribution in [0.4, 0.5) is 0 Å². The highest BCUT2D eigenvalue weighted by molar-refractivity contribution is 4.68. The molecule has 0 aromatic carbocycles. The van der Waals surface area contributed by atoms with Gasteiger partial charge in [-0.3, -0.25) is 0 Å². The van der Waals surface area contributed by atoms with Gasteiger partial charge in [0, 0.05) is 12.6 Å². The van der Waals surface area contributed by atoms with Gasteiger partial charge in [-0.2, -0.15) is 0 Å². The molecule has 0 saturated carbocycles. The molecule has 66 valence electrons. The molecule has 0 amide bonds. The number of hydrogen-bond donors (Lipinski definition) is 1. The summed E-state index contributed by atoms with van der Waals surface area (Å²) in [6, 6.07) is 0.545. The summed E-state index contributed by atoms with van der Waals surface area (Å²) < 4.78 is 5.51. The van der Waals surface area contributed by atoms with Crippen LogP contribution in [-0.2, 0) is 4.74 Å². The van der Waals surface area contributed by atoms with Gasteiger partial charge in [0.15, 0.2) is 0 Å². The molecular formula is C8H18N2O. The molecule has 2 atom stereocenters. The fourth-order valence-electron chi connectivity index (χ4n) is 1.35. The van der Waals surface area contributed by atoms with Gasteiger partial charge in [0.1, 0.15) is 6.23 Å². The summed E-state index contributed by atoms with van der Waals surface area (Å²) in [5.74, 6) is 0. The van der Waals surface area contributed by atoms with Crippen molar-refractivity contribution in [1.82, 2.24) is 10.4 Å². The first kappa shape index (κ1) is 8.97. The molecule has 1 heterocycles. The summed E-state index contributed by atoms with van der Waals surface area (Å²) in [5.41, 5.74) is 3.26. The number of hydrazine groups is 1. The molecule has 1 aliphatic rings. The molecule has 0 bridgehead atoms. The summed E-state index contributed by atoms with van der Waals surface area (Å²) >= 11 is 0. The van der Waals surface area contributed by atoms with Gasteiger partial charge in [0.25, 0.3) is 0 Å². The van der Waals surface area contributed by atoms with Gasteiger partial charge in [-0.05, 0) is 27.7 Å². The summed E-state index contributed by atoms with van der Waals surface area (Å²) in [4.78, 5) is 0. The van der Waals surface area contributed by atoms with Crippen LogP contribution in [0.5, 0.6) is 0 Å². The van der Waals surface area contributed by atoms with E-state index in [1.54, 1.807) is 0 Å². The maximum Gasteiger partial charge on any atom is 0.118 e. The molecule has 0 aliphatic carbocycles. The minimum absolute atomic E-state index is 0.154. The molecule has 1 fully saturated rings. The van der Waals surface area contributed by atoms with Gasteiger partial charge in [0.05, 0.1) is 6.10 Å². The first-order valence-corrected chi connectivity index (χ1v) is 4.28. The van der Waals surface area contributed by atoms with E-state index < -0.39 is 0 Å². The second-order valence-electron chi connectivity index (χ2n) is 3.46. The van der Waals surface area contributed by atoms with Gasteiger partial charge in [-0.15, -0.1) is 0 Å². The molecule has 3 nitrogen and oxygen atoms in total. The van der Waals surface area contributed by atoms with Gasteiger partial charge >= 0.3 is 0 Å². The van der Waals surface area contributed by atoms with Gasteiger partial charge in [0.2, 0.25) is 0 Å². The fraction of sp³-hybridized carbons (Fsp3) is 1.00. The summed E-state index contributed by atoms with van der Waals surface area (Å²) in [5, 5.41) is 2.22. The minimum atomic E-state index is 0.154. The van der Waals surface area contributed by atoms with Crippen molar-refractivity contribution in [2.45, 2.75) is 46.1 Å². The summed E-state index contributed by atoms with van der Waals surface area (Å²) in [6.45, 7) is 9.47. The van der Waals surface area contributed by atoms with Crippen LogP contribution in [0.1, 0.15) is 27.7 Å². The molecule has 3 heteroatoms. The van der Waals surface area contributed by atoms with Crippen molar-refractivity contribution in [2.75, 3.05) is 6.54 Å². The molecular weight excluding hydrogens is 140 g/mol. The van der Waals surface area contributed by atoms with Crippen LogP contribution in [-0.4, -0.2) is 29.9 Å². The Morgan fingerprint density at radius 2 is 2.09 bits per heavy atom. The standard InChI is InChI=1S/C8H18N2O/c1-6(2)10-5-7(3)11-8(4)9-10/h6-9H,5H2,1-4H3. The van der Waals surface area contributed by atoms with E-state index in [0.29, 0.717) is 12.1 Å². The molecule has 1 rings (SSSR count). The monoisotopic (exact) mass is 158 g/mol. The van der Waals surface area contributed by atoms with Crippen molar-refractivity contribution in [2.24, 2.45) is 0 Å². The average molecular weight is 158 g/mol. The Balaban J connectivity index is 2.43. The summed E-state index contributed by atoms with van der Waals surface area (Å²) in [6.07, 6.45) is 0.495. The third kappa shape index (κ3) is 2.43. The quantitative estimate of drug-likeness (QED) is 0.615. The predicted octanol–water partition coefficient (Wildman–Crippen LogP) is 0.966. The molecule has 1 aliphatic heterocycles. The first-order chi connectivity index (χ1) is 5.09. The van der Waals surface area contributed by atoms with Gasteiger partial charge in [-0.1, -0.05) is 0 Å². The van der Waals surface area contributed by atoms with E-state index in [4.69, 9.17) is 4.74 Å². The van der Waals surface area contributed by atoms with E-state index in [1.165, 1.54) is 0 Å². The van der Waals surface area contributed by atoms with Crippen LogP contribution in [0.3, 0.4) is 0 Å². The first-order valence-electron chi connectivity index (χ1n) is 4.28. The molecule has 0 aromatic heterocycles. The third-order valence-electron chi connectivity index (χ3n) is 1.86. The lowest BCUT2D eigenvalue weighted by atomic mass is 10.3. The van der Waals surface area contributed by atoms with E-state index in [2.05, 4.69) is 31.2 Å². The van der Waals surface area contributed by atoms with Crippen LogP contribution in [0.2, 0.25) is 0 Å². The SMILES string of the molecule is CC1CN(C(C)C)NC(C)O1. The summed E-state index contributed by atoms with van der Waals surface area (Å²) in [7, 11) is 0. The Morgan fingerprint density at radius 1 is 1.45 bits per heavy atom. The van der Waals surface area contributed by atoms with E-state index in [0.717, 1.165) is 6.54 Å². The predicted molar refractivity (Wildman–Crippen MR) is 45.0 cm³/mol. The molecule has 0 aromatic rings. The van der Waals surface area contributed by atoms with E-state index in [-0.39, 0.29) is 6.23 Å². The Labute approximate surface area is 68.7 Å². The highest BCUT2D eigenvalue weighted by Gasteiger charge is 2.22. The van der Waals surface area contributed by atoms with Crippen LogP contribution < -0.4 is 5.43 Å². The molecule has 1 saturated heterocycles. The van der Waals surface area contributed by atoms with Crippen molar-refractivity contribution >= 4 is 0 Å².